The number of nitrogens with one attached hydrogen (secondary N) is 1. The molecule has 7 heteroatoms. The highest BCUT2D eigenvalue weighted by molar-refractivity contribution is 5.80. The summed E-state index contributed by atoms with van der Waals surface area (Å²) in [5.74, 6) is -0.131. The molecule has 1 unspecified atom stereocenters. The van der Waals surface area contributed by atoms with Crippen molar-refractivity contribution in [3.63, 3.8) is 0 Å². The summed E-state index contributed by atoms with van der Waals surface area (Å²) in [5.41, 5.74) is 2.05. The molecule has 23 heavy (non-hydrogen) atoms. The summed E-state index contributed by atoms with van der Waals surface area (Å²) in [4.78, 5) is 12.6. The van der Waals surface area contributed by atoms with E-state index in [-0.39, 0.29) is 24.0 Å². The van der Waals surface area contributed by atoms with Gasteiger partial charge in [-0.25, -0.2) is 0 Å². The average molecular weight is 317 g/mol. The van der Waals surface area contributed by atoms with Gasteiger partial charge in [0.15, 0.2) is 0 Å². The largest absolute Gasteiger partial charge is 0.373 e. The van der Waals surface area contributed by atoms with Gasteiger partial charge in [0.2, 0.25) is 5.91 Å². The van der Waals surface area contributed by atoms with Gasteiger partial charge in [-0.15, -0.1) is 0 Å². The Morgan fingerprint density at radius 2 is 2.35 bits per heavy atom. The van der Waals surface area contributed by atoms with E-state index in [1.54, 1.807) is 12.4 Å². The number of carbonyl (C=O) groups excluding carboxylic acids is 1. The van der Waals surface area contributed by atoms with E-state index in [9.17, 15) is 4.79 Å². The molecule has 2 aromatic heterocycles. The lowest BCUT2D eigenvalue weighted by Crippen LogP contribution is -2.40. The predicted molar refractivity (Wildman–Crippen MR) is 84.6 cm³/mol. The molecule has 0 radical (unpaired) electrons. The monoisotopic (exact) mass is 317 g/mol. The molecule has 1 amide bonds. The Hall–Kier alpha value is -2.15. The van der Waals surface area contributed by atoms with E-state index in [0.29, 0.717) is 13.2 Å². The van der Waals surface area contributed by atoms with Crippen molar-refractivity contribution in [2.45, 2.75) is 39.0 Å². The molecule has 3 heterocycles. The summed E-state index contributed by atoms with van der Waals surface area (Å²) in [6.07, 6.45) is 5.96. The lowest BCUT2D eigenvalue weighted by atomic mass is 9.94. The zero-order chi connectivity index (χ0) is 16.4. The number of hydrogen-bond donors (Lipinski definition) is 1. The average Bonchev–Trinajstić information content (AvgIpc) is 3.22. The number of aromatic nitrogens is 4. The van der Waals surface area contributed by atoms with Gasteiger partial charge in [-0.2, -0.15) is 10.2 Å². The molecule has 3 rings (SSSR count). The van der Waals surface area contributed by atoms with Crippen LogP contribution in [0.15, 0.2) is 24.7 Å². The number of amides is 1. The first-order valence-corrected chi connectivity index (χ1v) is 7.94. The Balaban J connectivity index is 1.65. The fourth-order valence-corrected chi connectivity index (χ4v) is 3.04. The number of rotatable bonds is 5. The second-order valence-corrected chi connectivity index (χ2v) is 6.13. The molecule has 1 aliphatic heterocycles. The smallest absolute Gasteiger partial charge is 0.226 e. The van der Waals surface area contributed by atoms with Crippen LogP contribution in [0.2, 0.25) is 0 Å². The Kier molecular flexibility index (Phi) is 4.47. The highest BCUT2D eigenvalue weighted by Crippen LogP contribution is 2.36. The molecule has 2 aromatic rings. The fourth-order valence-electron chi connectivity index (χ4n) is 3.04. The minimum Gasteiger partial charge on any atom is -0.373 e. The summed E-state index contributed by atoms with van der Waals surface area (Å²) in [5, 5.41) is 11.5. The van der Waals surface area contributed by atoms with Crippen LogP contribution in [-0.2, 0) is 23.1 Å². The van der Waals surface area contributed by atoms with Gasteiger partial charge >= 0.3 is 0 Å². The van der Waals surface area contributed by atoms with E-state index in [2.05, 4.69) is 15.5 Å². The van der Waals surface area contributed by atoms with Gasteiger partial charge in [0.05, 0.1) is 24.8 Å². The van der Waals surface area contributed by atoms with Crippen LogP contribution in [0.1, 0.15) is 30.7 Å². The molecular weight excluding hydrogens is 294 g/mol. The molecule has 124 valence electrons. The summed E-state index contributed by atoms with van der Waals surface area (Å²) in [7, 11) is 1.90. The second-order valence-electron chi connectivity index (χ2n) is 6.13. The minimum absolute atomic E-state index is 0.0126. The zero-order valence-electron chi connectivity index (χ0n) is 13.8. The lowest BCUT2D eigenvalue weighted by Gasteiger charge is -2.21. The fraction of sp³-hybridized carbons (Fsp3) is 0.562. The van der Waals surface area contributed by atoms with Crippen LogP contribution in [0.4, 0.5) is 0 Å². The summed E-state index contributed by atoms with van der Waals surface area (Å²) in [6.45, 7) is 5.24. The number of ether oxygens (including phenoxy) is 1. The topological polar surface area (TPSA) is 74.0 Å². The Morgan fingerprint density at radius 1 is 1.52 bits per heavy atom. The van der Waals surface area contributed by atoms with Crippen LogP contribution < -0.4 is 5.32 Å². The van der Waals surface area contributed by atoms with Crippen LogP contribution in [0.25, 0.3) is 0 Å². The van der Waals surface area contributed by atoms with Gasteiger partial charge in [0.25, 0.3) is 0 Å². The van der Waals surface area contributed by atoms with Crippen molar-refractivity contribution in [2.24, 2.45) is 13.0 Å². The maximum Gasteiger partial charge on any atom is 0.226 e. The third-order valence-electron chi connectivity index (χ3n) is 4.42. The predicted octanol–water partition coefficient (Wildman–Crippen LogP) is 1.21. The zero-order valence-corrected chi connectivity index (χ0v) is 13.8. The van der Waals surface area contributed by atoms with Crippen LogP contribution in [-0.4, -0.2) is 38.1 Å². The summed E-state index contributed by atoms with van der Waals surface area (Å²) in [6, 6.07) is 1.89. The number of aryl methyl sites for hydroxylation is 1. The molecule has 0 saturated carbocycles. The van der Waals surface area contributed by atoms with Crippen LogP contribution in [0, 0.1) is 12.8 Å². The van der Waals surface area contributed by atoms with E-state index < -0.39 is 0 Å². The standard InChI is InChI=1S/C16H23N5O2/c1-11(10-21-7-4-6-17-21)19-16(22)13-5-8-23-15(13)14-9-18-20(3)12(14)2/h4,6-7,9,11,13,15H,5,8,10H2,1-3H3,(H,19,22)/t11?,13-,15-/m0/s1. The Bertz CT molecular complexity index is 664. The third-order valence-corrected chi connectivity index (χ3v) is 4.42. The Labute approximate surface area is 135 Å². The highest BCUT2D eigenvalue weighted by Gasteiger charge is 2.37. The molecule has 0 spiro atoms. The molecular formula is C16H23N5O2. The van der Waals surface area contributed by atoms with E-state index in [0.717, 1.165) is 17.7 Å². The van der Waals surface area contributed by atoms with E-state index >= 15 is 0 Å². The van der Waals surface area contributed by atoms with Crippen LogP contribution >= 0.6 is 0 Å². The minimum atomic E-state index is -0.208. The highest BCUT2D eigenvalue weighted by atomic mass is 16.5. The molecule has 1 saturated heterocycles. The van der Waals surface area contributed by atoms with Gasteiger partial charge in [-0.1, -0.05) is 0 Å². The molecule has 7 nitrogen and oxygen atoms in total. The molecule has 0 aliphatic carbocycles. The van der Waals surface area contributed by atoms with Crippen molar-refractivity contribution in [1.82, 2.24) is 24.9 Å². The molecule has 1 fully saturated rings. The molecule has 0 bridgehead atoms. The van der Waals surface area contributed by atoms with Gasteiger partial charge in [-0.3, -0.25) is 14.2 Å². The molecule has 3 atom stereocenters. The summed E-state index contributed by atoms with van der Waals surface area (Å²) >= 11 is 0. The van der Waals surface area contributed by atoms with Crippen molar-refractivity contribution in [1.29, 1.82) is 0 Å². The van der Waals surface area contributed by atoms with Crippen molar-refractivity contribution >= 4 is 5.91 Å². The first-order chi connectivity index (χ1) is 11.1. The van der Waals surface area contributed by atoms with Crippen molar-refractivity contribution in [3.8, 4) is 0 Å². The number of carbonyl (C=O) groups is 1. The first-order valence-electron chi connectivity index (χ1n) is 7.94. The van der Waals surface area contributed by atoms with Crippen molar-refractivity contribution in [2.75, 3.05) is 6.61 Å². The summed E-state index contributed by atoms with van der Waals surface area (Å²) < 4.78 is 9.45. The second kappa shape index (κ2) is 6.54. The van der Waals surface area contributed by atoms with Crippen LogP contribution in [0.3, 0.4) is 0 Å². The third kappa shape index (κ3) is 3.29. The maximum atomic E-state index is 12.6. The lowest BCUT2D eigenvalue weighted by molar-refractivity contribution is -0.127. The maximum absolute atomic E-state index is 12.6. The molecule has 1 N–H and O–H groups in total. The van der Waals surface area contributed by atoms with E-state index in [4.69, 9.17) is 4.74 Å². The quantitative estimate of drug-likeness (QED) is 0.899. The number of nitrogens with zero attached hydrogens (tertiary/aromatic N) is 4. The first kappa shape index (κ1) is 15.7. The molecule has 1 aliphatic rings. The number of hydrogen-bond acceptors (Lipinski definition) is 4. The van der Waals surface area contributed by atoms with Crippen LogP contribution in [0.5, 0.6) is 0 Å². The van der Waals surface area contributed by atoms with E-state index in [1.165, 1.54) is 0 Å². The van der Waals surface area contributed by atoms with Gasteiger partial charge < -0.3 is 10.1 Å². The molecule has 0 aromatic carbocycles. The van der Waals surface area contributed by atoms with E-state index in [1.807, 2.05) is 42.5 Å². The van der Waals surface area contributed by atoms with Gasteiger partial charge in [0, 0.05) is 43.3 Å². The SMILES string of the molecule is Cc1c([C@H]2OCC[C@@H]2C(=O)NC(C)Cn2cccn2)cnn1C. The van der Waals surface area contributed by atoms with Gasteiger partial charge in [0.1, 0.15) is 0 Å². The normalized spacial score (nSPS) is 22.2. The Morgan fingerprint density at radius 3 is 3.00 bits per heavy atom. The van der Waals surface area contributed by atoms with Crippen molar-refractivity contribution < 1.29 is 9.53 Å². The van der Waals surface area contributed by atoms with Gasteiger partial charge in [-0.05, 0) is 26.3 Å². The van der Waals surface area contributed by atoms with Crippen molar-refractivity contribution in [3.05, 3.63) is 35.9 Å².